The topological polar surface area (TPSA) is 270 Å². The minimum absolute atomic E-state index is 0.0925. The molecule has 0 spiro atoms. The van der Waals surface area contributed by atoms with E-state index in [1.807, 2.05) is 0 Å². The Hall–Kier alpha value is -3.66. The summed E-state index contributed by atoms with van der Waals surface area (Å²) in [4.78, 5) is 24.7. The number of carbonyl (C=O) groups is 2. The first-order chi connectivity index (χ1) is 24.4. The van der Waals surface area contributed by atoms with Gasteiger partial charge in [0, 0.05) is 12.0 Å². The molecular weight excluding hydrogens is 684 g/mol. The lowest BCUT2D eigenvalue weighted by molar-refractivity contribution is -0.352. The molecule has 51 heavy (non-hydrogen) atoms. The minimum atomic E-state index is -1.82. The fourth-order valence-corrected chi connectivity index (χ4v) is 6.28. The predicted octanol–water partition coefficient (Wildman–Crippen LogP) is -2.43. The molecular formula is C33H42O18. The first kappa shape index (κ1) is 38.6. The normalized spacial score (nSPS) is 36.5. The molecule has 0 bridgehead atoms. The van der Waals surface area contributed by atoms with Gasteiger partial charge in [0.05, 0.1) is 45.2 Å². The number of benzene rings is 1. The summed E-state index contributed by atoms with van der Waals surface area (Å²) in [6.45, 7) is -1.55. The molecule has 1 aromatic carbocycles. The summed E-state index contributed by atoms with van der Waals surface area (Å²) in [5.74, 6) is -2.55. The van der Waals surface area contributed by atoms with Gasteiger partial charge in [-0.2, -0.15) is 0 Å². The van der Waals surface area contributed by atoms with Gasteiger partial charge in [0.25, 0.3) is 0 Å². The fourth-order valence-electron chi connectivity index (χ4n) is 6.28. The summed E-state index contributed by atoms with van der Waals surface area (Å²) < 4.78 is 43.4. The van der Waals surface area contributed by atoms with E-state index in [2.05, 4.69) is 0 Å². The van der Waals surface area contributed by atoms with Crippen LogP contribution in [0, 0.1) is 11.8 Å². The Morgan fingerprint density at radius 3 is 2.22 bits per heavy atom. The fraction of sp³-hybridized carbons (Fsp3) is 0.576. The van der Waals surface area contributed by atoms with E-state index in [0.717, 1.165) is 12.3 Å². The van der Waals surface area contributed by atoms with Crippen molar-refractivity contribution in [2.75, 3.05) is 34.0 Å². The number of rotatable bonds is 12. The third-order valence-electron chi connectivity index (χ3n) is 9.16. The molecule has 282 valence electrons. The van der Waals surface area contributed by atoms with Crippen LogP contribution in [0.4, 0.5) is 0 Å². The summed E-state index contributed by atoms with van der Waals surface area (Å²) in [6, 6.07) is 4.37. The summed E-state index contributed by atoms with van der Waals surface area (Å²) in [6.07, 6.45) is -12.2. The number of fused-ring (bicyclic) bond motifs is 1. The van der Waals surface area contributed by atoms with Crippen LogP contribution in [0.3, 0.4) is 0 Å². The molecule has 4 aliphatic rings. The van der Waals surface area contributed by atoms with Gasteiger partial charge in [-0.25, -0.2) is 9.59 Å². The van der Waals surface area contributed by atoms with Gasteiger partial charge in [0.1, 0.15) is 55.4 Å². The number of aromatic hydroxyl groups is 1. The van der Waals surface area contributed by atoms with Gasteiger partial charge in [-0.1, -0.05) is 12.1 Å². The zero-order valence-corrected chi connectivity index (χ0v) is 27.5. The lowest BCUT2D eigenvalue weighted by Gasteiger charge is -2.44. The Bertz CT molecular complexity index is 1480. The molecule has 13 atom stereocenters. The van der Waals surface area contributed by atoms with E-state index in [4.69, 9.17) is 37.9 Å². The van der Waals surface area contributed by atoms with E-state index < -0.39 is 105 Å². The van der Waals surface area contributed by atoms with E-state index in [0.29, 0.717) is 17.6 Å². The number of aliphatic hydroxyl groups is 7. The molecule has 18 nitrogen and oxygen atoms in total. The quantitative estimate of drug-likeness (QED) is 0.0632. The largest absolute Gasteiger partial charge is 0.504 e. The SMILES string of the molecule is COC(=O)C1=CO[C@@H](O[C@@H]2O[C@H](CO[C@@H]3O[C@H](COC(=O)/C=C/c4ccc(O)c(OC)c4)[C@@H](O)[C@H](O)[C@H]3O)[C@@H](O)[C@H](O)[C@H]2O)[C@@H]2C(CO)=CC[C@H]12. The molecule has 8 N–H and O–H groups in total. The number of methoxy groups -OCH3 is 2. The van der Waals surface area contributed by atoms with E-state index >= 15 is 0 Å². The van der Waals surface area contributed by atoms with E-state index in [9.17, 15) is 50.4 Å². The maximum atomic E-state index is 12.4. The second kappa shape index (κ2) is 16.8. The van der Waals surface area contributed by atoms with Crippen molar-refractivity contribution >= 4 is 18.0 Å². The van der Waals surface area contributed by atoms with E-state index in [1.54, 1.807) is 6.08 Å². The Balaban J connectivity index is 1.19. The monoisotopic (exact) mass is 726 g/mol. The van der Waals surface area contributed by atoms with Gasteiger partial charge in [0.2, 0.25) is 6.29 Å². The number of hydrogen-bond donors (Lipinski definition) is 8. The van der Waals surface area contributed by atoms with Gasteiger partial charge in [-0.15, -0.1) is 0 Å². The maximum absolute atomic E-state index is 12.4. The van der Waals surface area contributed by atoms with Crippen molar-refractivity contribution in [3.8, 4) is 11.5 Å². The van der Waals surface area contributed by atoms with E-state index in [-0.39, 0.29) is 23.7 Å². The van der Waals surface area contributed by atoms with Crippen LogP contribution in [0.5, 0.6) is 11.5 Å². The highest BCUT2D eigenvalue weighted by atomic mass is 16.8. The third-order valence-corrected chi connectivity index (χ3v) is 9.16. The van der Waals surface area contributed by atoms with Crippen LogP contribution in [0.25, 0.3) is 6.08 Å². The van der Waals surface area contributed by atoms with Crippen LogP contribution in [-0.4, -0.2) is 155 Å². The van der Waals surface area contributed by atoms with Gasteiger partial charge in [0.15, 0.2) is 24.1 Å². The van der Waals surface area contributed by atoms with Crippen molar-refractivity contribution in [1.29, 1.82) is 0 Å². The molecule has 0 unspecified atom stereocenters. The summed E-state index contributed by atoms with van der Waals surface area (Å²) >= 11 is 0. The second-order valence-electron chi connectivity index (χ2n) is 12.3. The van der Waals surface area contributed by atoms with Crippen LogP contribution in [-0.2, 0) is 42.7 Å². The maximum Gasteiger partial charge on any atom is 0.337 e. The highest BCUT2D eigenvalue weighted by Crippen LogP contribution is 2.44. The number of aliphatic hydroxyl groups excluding tert-OH is 7. The molecule has 0 saturated carbocycles. The Morgan fingerprint density at radius 1 is 0.882 bits per heavy atom. The first-order valence-electron chi connectivity index (χ1n) is 16.0. The average Bonchev–Trinajstić information content (AvgIpc) is 3.58. The number of esters is 2. The summed E-state index contributed by atoms with van der Waals surface area (Å²) in [7, 11) is 2.58. The number of phenols is 1. The van der Waals surface area contributed by atoms with Gasteiger partial charge in [-0.05, 0) is 35.8 Å². The van der Waals surface area contributed by atoms with Crippen molar-refractivity contribution in [3.05, 3.63) is 53.3 Å². The number of ether oxygens (including phenoxy) is 8. The zero-order chi connectivity index (χ0) is 37.0. The molecule has 5 rings (SSSR count). The molecule has 2 fully saturated rings. The molecule has 1 aromatic rings. The standard InChI is InChI=1S/C33H42O18/c1-44-19-9-14(3-7-18(19)35)4-8-22(36)46-12-20-24(37)26(39)28(41)32(49-20)48-13-21-25(38)27(40)29(42)33(50-21)51-31-23-15(10-34)5-6-16(23)17(11-47-31)30(43)45-2/h3-5,7-9,11,16,20-21,23-29,31-35,37-42H,6,10,12-13H2,1-2H3/b8-4+/t16-,20-,21-,23-,24-,25-,26+,27+,28-,29-,31+,32-,33+/m1/s1. The van der Waals surface area contributed by atoms with Crippen LogP contribution in [0.15, 0.2) is 47.8 Å². The lowest BCUT2D eigenvalue weighted by atomic mass is 9.83. The van der Waals surface area contributed by atoms with Crippen LogP contribution >= 0.6 is 0 Å². The van der Waals surface area contributed by atoms with Crippen molar-refractivity contribution in [1.82, 2.24) is 0 Å². The molecule has 0 radical (unpaired) electrons. The zero-order valence-electron chi connectivity index (χ0n) is 27.5. The smallest absolute Gasteiger partial charge is 0.337 e. The predicted molar refractivity (Wildman–Crippen MR) is 167 cm³/mol. The molecule has 0 amide bonds. The highest BCUT2D eigenvalue weighted by Gasteiger charge is 2.51. The molecule has 3 aliphatic heterocycles. The summed E-state index contributed by atoms with van der Waals surface area (Å²) in [5.41, 5.74) is 1.22. The minimum Gasteiger partial charge on any atom is -0.504 e. The van der Waals surface area contributed by atoms with Gasteiger partial charge < -0.3 is 78.7 Å². The van der Waals surface area contributed by atoms with Crippen molar-refractivity contribution < 1.29 is 88.3 Å². The Morgan fingerprint density at radius 2 is 1.55 bits per heavy atom. The van der Waals surface area contributed by atoms with Crippen molar-refractivity contribution in [2.24, 2.45) is 11.8 Å². The molecule has 0 aromatic heterocycles. The van der Waals surface area contributed by atoms with Gasteiger partial charge >= 0.3 is 11.9 Å². The average molecular weight is 727 g/mol. The first-order valence-corrected chi connectivity index (χ1v) is 16.0. The third kappa shape index (κ3) is 8.37. The van der Waals surface area contributed by atoms with Crippen molar-refractivity contribution in [2.45, 2.75) is 74.1 Å². The molecule has 18 heteroatoms. The number of hydrogen-bond acceptors (Lipinski definition) is 18. The van der Waals surface area contributed by atoms with Crippen LogP contribution in [0.1, 0.15) is 12.0 Å². The summed E-state index contributed by atoms with van der Waals surface area (Å²) in [5, 5.41) is 83.1. The lowest BCUT2D eigenvalue weighted by Crippen LogP contribution is -2.62. The Labute approximate surface area is 291 Å². The van der Waals surface area contributed by atoms with Crippen molar-refractivity contribution in [3.63, 3.8) is 0 Å². The number of carbonyl (C=O) groups excluding carboxylic acids is 2. The molecule has 3 heterocycles. The van der Waals surface area contributed by atoms with Crippen LogP contribution < -0.4 is 4.74 Å². The molecule has 1 aliphatic carbocycles. The number of phenolic OH excluding ortho intramolecular Hbond substituents is 1. The Kier molecular flexibility index (Phi) is 12.7. The van der Waals surface area contributed by atoms with Crippen LogP contribution in [0.2, 0.25) is 0 Å². The van der Waals surface area contributed by atoms with Gasteiger partial charge in [-0.3, -0.25) is 0 Å². The second-order valence-corrected chi connectivity index (χ2v) is 12.3. The number of allylic oxidation sites excluding steroid dienone is 1. The molecule has 2 saturated heterocycles. The highest BCUT2D eigenvalue weighted by molar-refractivity contribution is 5.89. The van der Waals surface area contributed by atoms with E-state index in [1.165, 1.54) is 38.5 Å².